The molecule has 5 rings (SSSR count). The third-order valence-corrected chi connectivity index (χ3v) is 5.70. The Kier molecular flexibility index (Phi) is 4.67. The largest absolute Gasteiger partial charge is 0.454 e. The predicted octanol–water partition coefficient (Wildman–Crippen LogP) is 4.36. The van der Waals surface area contributed by atoms with Crippen molar-refractivity contribution in [3.63, 3.8) is 0 Å². The molecule has 150 valence electrons. The molecule has 6 nitrogen and oxygen atoms in total. The third-order valence-electron chi connectivity index (χ3n) is 5.20. The van der Waals surface area contributed by atoms with Crippen molar-refractivity contribution >= 4 is 33.4 Å². The highest BCUT2D eigenvalue weighted by molar-refractivity contribution is 9.10. The first-order valence-corrected chi connectivity index (χ1v) is 10.2. The minimum Gasteiger partial charge on any atom is -0.454 e. The Morgan fingerprint density at radius 3 is 2.63 bits per heavy atom. The molecule has 2 aliphatic heterocycles. The molecule has 3 aromatic rings. The lowest BCUT2D eigenvalue weighted by atomic mass is 9.95. The van der Waals surface area contributed by atoms with Crippen LogP contribution in [0.2, 0.25) is 0 Å². The average Bonchev–Trinajstić information content (AvgIpc) is 3.17. The number of nitrogens with zero attached hydrogens (tertiary/aromatic N) is 1. The van der Waals surface area contributed by atoms with Crippen molar-refractivity contribution in [3.05, 3.63) is 87.9 Å². The third kappa shape index (κ3) is 3.31. The van der Waals surface area contributed by atoms with Crippen molar-refractivity contribution in [2.45, 2.75) is 6.04 Å². The second-order valence-corrected chi connectivity index (χ2v) is 8.01. The molecule has 7 heteroatoms. The molecule has 3 aromatic carbocycles. The molecule has 0 bridgehead atoms. The fourth-order valence-corrected chi connectivity index (χ4v) is 4.24. The number of carbonyl (C=O) groups is 2. The molecule has 0 aliphatic carbocycles. The van der Waals surface area contributed by atoms with Gasteiger partial charge in [0.15, 0.2) is 11.5 Å². The van der Waals surface area contributed by atoms with E-state index in [0.29, 0.717) is 22.7 Å². The predicted molar refractivity (Wildman–Crippen MR) is 115 cm³/mol. The van der Waals surface area contributed by atoms with E-state index in [4.69, 9.17) is 9.47 Å². The number of ether oxygens (including phenoxy) is 2. The molecular formula is C23H17BrN2O4. The van der Waals surface area contributed by atoms with Crippen LogP contribution in [0.3, 0.4) is 0 Å². The van der Waals surface area contributed by atoms with Crippen molar-refractivity contribution in [3.8, 4) is 11.5 Å². The van der Waals surface area contributed by atoms with Crippen molar-refractivity contribution in [1.82, 2.24) is 4.90 Å². The van der Waals surface area contributed by atoms with Crippen LogP contribution in [0.1, 0.15) is 27.5 Å². The van der Waals surface area contributed by atoms with Crippen molar-refractivity contribution in [2.75, 3.05) is 18.7 Å². The minimum atomic E-state index is -0.435. The van der Waals surface area contributed by atoms with Gasteiger partial charge in [-0.15, -0.1) is 0 Å². The number of rotatable bonds is 2. The first-order valence-electron chi connectivity index (χ1n) is 9.45. The normalized spacial score (nSPS) is 17.2. The van der Waals surface area contributed by atoms with Crippen LogP contribution in [0.4, 0.5) is 5.69 Å². The van der Waals surface area contributed by atoms with Gasteiger partial charge in [-0.2, -0.15) is 0 Å². The van der Waals surface area contributed by atoms with Gasteiger partial charge in [0.1, 0.15) is 6.54 Å². The monoisotopic (exact) mass is 464 g/mol. The summed E-state index contributed by atoms with van der Waals surface area (Å²) in [5.41, 5.74) is 2.89. The molecule has 2 aliphatic rings. The van der Waals surface area contributed by atoms with E-state index in [1.54, 1.807) is 23.1 Å². The van der Waals surface area contributed by atoms with E-state index in [0.717, 1.165) is 15.6 Å². The second kappa shape index (κ2) is 7.50. The summed E-state index contributed by atoms with van der Waals surface area (Å²) in [6.45, 7) is 0.0618. The molecule has 0 saturated carbocycles. The summed E-state index contributed by atoms with van der Waals surface area (Å²) < 4.78 is 11.6. The van der Waals surface area contributed by atoms with Gasteiger partial charge in [0, 0.05) is 21.3 Å². The zero-order valence-electron chi connectivity index (χ0n) is 15.8. The molecule has 0 saturated heterocycles. The Bertz CT molecular complexity index is 1150. The lowest BCUT2D eigenvalue weighted by Gasteiger charge is -2.30. The van der Waals surface area contributed by atoms with Gasteiger partial charge in [-0.3, -0.25) is 9.59 Å². The highest BCUT2D eigenvalue weighted by atomic mass is 79.9. The molecule has 2 amide bonds. The Balaban J connectivity index is 1.64. The van der Waals surface area contributed by atoms with Crippen LogP contribution in [0.25, 0.3) is 0 Å². The highest BCUT2D eigenvalue weighted by Crippen LogP contribution is 2.39. The molecule has 30 heavy (non-hydrogen) atoms. The fourth-order valence-electron chi connectivity index (χ4n) is 3.86. The van der Waals surface area contributed by atoms with E-state index in [2.05, 4.69) is 21.2 Å². The van der Waals surface area contributed by atoms with Crippen molar-refractivity contribution < 1.29 is 19.1 Å². The van der Waals surface area contributed by atoms with Crippen LogP contribution in [-0.4, -0.2) is 30.1 Å². The van der Waals surface area contributed by atoms with Gasteiger partial charge in [-0.25, -0.2) is 0 Å². The first-order chi connectivity index (χ1) is 14.6. The molecule has 1 N–H and O–H groups in total. The molecule has 2 heterocycles. The number of nitrogens with one attached hydrogen (secondary N) is 1. The quantitative estimate of drug-likeness (QED) is 0.611. The van der Waals surface area contributed by atoms with Gasteiger partial charge < -0.3 is 19.7 Å². The highest BCUT2D eigenvalue weighted by Gasteiger charge is 2.34. The maximum atomic E-state index is 13.6. The number of hydrogen-bond donors (Lipinski definition) is 1. The maximum absolute atomic E-state index is 13.6. The van der Waals surface area contributed by atoms with Crippen LogP contribution >= 0.6 is 15.9 Å². The van der Waals surface area contributed by atoms with E-state index in [1.165, 1.54) is 0 Å². The van der Waals surface area contributed by atoms with Gasteiger partial charge in [0.25, 0.3) is 5.91 Å². The topological polar surface area (TPSA) is 67.9 Å². The molecule has 0 fully saturated rings. The van der Waals surface area contributed by atoms with Crippen LogP contribution in [0, 0.1) is 0 Å². The number of benzene rings is 3. The average molecular weight is 465 g/mol. The molecule has 0 radical (unpaired) electrons. The van der Waals surface area contributed by atoms with Gasteiger partial charge in [0.2, 0.25) is 12.7 Å². The molecule has 0 unspecified atom stereocenters. The van der Waals surface area contributed by atoms with E-state index in [9.17, 15) is 9.59 Å². The summed E-state index contributed by atoms with van der Waals surface area (Å²) in [6, 6.07) is 20.0. The number of anilines is 1. The molecule has 1 atom stereocenters. The lowest BCUT2D eigenvalue weighted by molar-refractivity contribution is -0.117. The van der Waals surface area contributed by atoms with Crippen molar-refractivity contribution in [1.29, 1.82) is 0 Å². The summed E-state index contributed by atoms with van der Waals surface area (Å²) in [5.74, 6) is 0.629. The standard InChI is InChI=1S/C23H17BrN2O4/c24-16-7-8-18-17(11-16)22(14-4-2-1-3-5-14)26(12-21(27)25-18)23(28)15-6-9-19-20(10-15)30-13-29-19/h1-11,22H,12-13H2,(H,25,27)/t22-/m1/s1. The Labute approximate surface area is 181 Å². The Morgan fingerprint density at radius 1 is 1.00 bits per heavy atom. The zero-order chi connectivity index (χ0) is 20.7. The summed E-state index contributed by atoms with van der Waals surface area (Å²) in [7, 11) is 0. The first kappa shape index (κ1) is 18.7. The van der Waals surface area contributed by atoms with E-state index in [-0.39, 0.29) is 25.2 Å². The Hall–Kier alpha value is -3.32. The minimum absolute atomic E-state index is 0.0703. The van der Waals surface area contributed by atoms with Crippen LogP contribution in [0.15, 0.2) is 71.2 Å². The number of amides is 2. The summed E-state index contributed by atoms with van der Waals surface area (Å²) in [5, 5.41) is 2.93. The second-order valence-electron chi connectivity index (χ2n) is 7.09. The van der Waals surface area contributed by atoms with Crippen LogP contribution in [0.5, 0.6) is 11.5 Å². The molecular weight excluding hydrogens is 448 g/mol. The van der Waals surface area contributed by atoms with Gasteiger partial charge >= 0.3 is 0 Å². The Morgan fingerprint density at radius 2 is 1.80 bits per heavy atom. The SMILES string of the molecule is O=C1CN(C(=O)c2ccc3c(c2)OCO3)[C@H](c2ccccc2)c2cc(Br)ccc2N1. The number of halogens is 1. The van der Waals surface area contributed by atoms with E-state index >= 15 is 0 Å². The maximum Gasteiger partial charge on any atom is 0.255 e. The smallest absolute Gasteiger partial charge is 0.255 e. The van der Waals surface area contributed by atoms with Gasteiger partial charge in [-0.1, -0.05) is 46.3 Å². The van der Waals surface area contributed by atoms with Crippen LogP contribution in [-0.2, 0) is 4.79 Å². The molecule has 0 aromatic heterocycles. The summed E-state index contributed by atoms with van der Waals surface area (Å²) in [6.07, 6.45) is 0. The van der Waals surface area contributed by atoms with Crippen LogP contribution < -0.4 is 14.8 Å². The fraction of sp³-hybridized carbons (Fsp3) is 0.130. The van der Waals surface area contributed by atoms with Crippen molar-refractivity contribution in [2.24, 2.45) is 0 Å². The number of hydrogen-bond acceptors (Lipinski definition) is 4. The van der Waals surface area contributed by atoms with E-state index in [1.807, 2.05) is 48.5 Å². The summed E-state index contributed by atoms with van der Waals surface area (Å²) in [4.78, 5) is 27.9. The van der Waals surface area contributed by atoms with E-state index < -0.39 is 6.04 Å². The number of fused-ring (bicyclic) bond motifs is 2. The van der Waals surface area contributed by atoms with Gasteiger partial charge in [-0.05, 0) is 42.0 Å². The summed E-state index contributed by atoms with van der Waals surface area (Å²) >= 11 is 3.52. The number of carbonyl (C=O) groups excluding carboxylic acids is 2. The van der Waals surface area contributed by atoms with Gasteiger partial charge in [0.05, 0.1) is 6.04 Å². The lowest BCUT2D eigenvalue weighted by Crippen LogP contribution is -2.39. The molecule has 0 spiro atoms. The zero-order valence-corrected chi connectivity index (χ0v) is 17.4.